The van der Waals surface area contributed by atoms with Crippen molar-refractivity contribution in [1.29, 1.82) is 5.26 Å². The van der Waals surface area contributed by atoms with Crippen molar-refractivity contribution in [2.75, 3.05) is 13.6 Å². The number of likely N-dealkylation sites (tertiary alicyclic amines) is 1. The van der Waals surface area contributed by atoms with Crippen molar-refractivity contribution in [1.82, 2.24) is 14.9 Å². The van der Waals surface area contributed by atoms with Gasteiger partial charge in [0, 0.05) is 24.4 Å². The summed E-state index contributed by atoms with van der Waals surface area (Å²) in [6, 6.07) is 6.80. The smallest absolute Gasteiger partial charge is 0.287 e. The number of nitrogens with zero attached hydrogens (tertiary/aromatic N) is 5. The molecule has 37 heavy (non-hydrogen) atoms. The molecule has 0 bridgehead atoms. The summed E-state index contributed by atoms with van der Waals surface area (Å²) < 4.78 is 6.05. The minimum absolute atomic E-state index is 0.0704. The molecule has 2 fully saturated rings. The third kappa shape index (κ3) is 4.17. The number of rotatable bonds is 6. The van der Waals surface area contributed by atoms with Crippen LogP contribution in [0.3, 0.4) is 0 Å². The first kappa shape index (κ1) is 25.0. The van der Waals surface area contributed by atoms with Crippen molar-refractivity contribution in [3.05, 3.63) is 57.0 Å². The summed E-state index contributed by atoms with van der Waals surface area (Å²) in [5.41, 5.74) is -0.265. The number of ether oxygens (including phenoxy) is 1. The van der Waals surface area contributed by atoms with Crippen LogP contribution in [0.2, 0.25) is 0 Å². The highest BCUT2D eigenvalue weighted by Gasteiger charge is 2.53. The van der Waals surface area contributed by atoms with Crippen LogP contribution in [-0.4, -0.2) is 57.1 Å². The predicted molar refractivity (Wildman–Crippen MR) is 132 cm³/mol. The Hall–Kier alpha value is -3.71. The highest BCUT2D eigenvalue weighted by molar-refractivity contribution is 6.13. The number of nitro benzene ring substituents is 1. The summed E-state index contributed by atoms with van der Waals surface area (Å²) in [7, 11) is 2.06. The van der Waals surface area contributed by atoms with Gasteiger partial charge in [-0.05, 0) is 70.2 Å². The molecule has 1 saturated heterocycles. The summed E-state index contributed by atoms with van der Waals surface area (Å²) in [6.07, 6.45) is 5.81. The van der Waals surface area contributed by atoms with Gasteiger partial charge in [-0.2, -0.15) is 10.2 Å². The lowest BCUT2D eigenvalue weighted by molar-refractivity contribution is -0.385. The van der Waals surface area contributed by atoms with Crippen LogP contribution < -0.4 is 4.74 Å². The van der Waals surface area contributed by atoms with Gasteiger partial charge in [-0.3, -0.25) is 24.6 Å². The number of benzene rings is 1. The van der Waals surface area contributed by atoms with Gasteiger partial charge < -0.3 is 4.74 Å². The number of hydrogen-bond donors (Lipinski definition) is 0. The van der Waals surface area contributed by atoms with E-state index in [0.29, 0.717) is 37.7 Å². The highest BCUT2D eigenvalue weighted by atomic mass is 16.6. The van der Waals surface area contributed by atoms with Crippen LogP contribution in [0.25, 0.3) is 0 Å². The number of likely N-dealkylation sites (N-methyl/N-ethyl adjacent to an activating group) is 1. The predicted octanol–water partition coefficient (Wildman–Crippen LogP) is 3.55. The molecule has 1 aliphatic heterocycles. The third-order valence-electron chi connectivity index (χ3n) is 8.35. The Labute approximate surface area is 214 Å². The number of ketones is 2. The molecular weight excluding hydrogens is 474 g/mol. The summed E-state index contributed by atoms with van der Waals surface area (Å²) in [6.45, 7) is 2.99. The van der Waals surface area contributed by atoms with Gasteiger partial charge in [0.2, 0.25) is 11.7 Å². The molecule has 1 spiro atoms. The molecule has 2 aliphatic carbocycles. The lowest BCUT2D eigenvalue weighted by atomic mass is 9.63. The molecule has 192 valence electrons. The molecule has 1 saturated carbocycles. The zero-order chi connectivity index (χ0) is 26.3. The van der Waals surface area contributed by atoms with E-state index in [1.807, 2.05) is 13.0 Å². The summed E-state index contributed by atoms with van der Waals surface area (Å²) in [5, 5.41) is 21.4. The zero-order valence-corrected chi connectivity index (χ0v) is 21.0. The minimum atomic E-state index is -1.08. The van der Waals surface area contributed by atoms with E-state index in [9.17, 15) is 25.0 Å². The van der Waals surface area contributed by atoms with E-state index in [-0.39, 0.29) is 40.9 Å². The first-order valence-corrected chi connectivity index (χ1v) is 12.8. The lowest BCUT2D eigenvalue weighted by Gasteiger charge is -2.36. The number of aryl methyl sites for hydroxylation is 1. The Morgan fingerprint density at radius 2 is 2.11 bits per heavy atom. The number of Topliss-reactive ketones (excluding diaryl/α,β-unsaturated/α-hetero) is 2. The Morgan fingerprint density at radius 3 is 2.81 bits per heavy atom. The second kappa shape index (κ2) is 9.63. The van der Waals surface area contributed by atoms with E-state index < -0.39 is 22.0 Å². The molecule has 0 radical (unpaired) electrons. The monoisotopic (exact) mass is 503 g/mol. The molecule has 0 amide bonds. The van der Waals surface area contributed by atoms with Crippen LogP contribution in [0.15, 0.2) is 24.4 Å². The fraction of sp³-hybridized carbons (Fsp3) is 0.519. The van der Waals surface area contributed by atoms with Crippen LogP contribution >= 0.6 is 0 Å². The molecule has 2 unspecified atom stereocenters. The number of hydrogen-bond acceptors (Lipinski definition) is 9. The van der Waals surface area contributed by atoms with E-state index in [1.165, 1.54) is 12.3 Å². The Bertz CT molecular complexity index is 1320. The molecular formula is C27H29N5O5. The number of carbonyl (C=O) groups is 2. The molecule has 4 atom stereocenters. The van der Waals surface area contributed by atoms with Crippen LogP contribution in [0.1, 0.15) is 72.8 Å². The first-order chi connectivity index (χ1) is 17.8. The van der Waals surface area contributed by atoms with Crippen molar-refractivity contribution in [3.63, 3.8) is 0 Å². The molecule has 10 nitrogen and oxygen atoms in total. The normalized spacial score (nSPS) is 26.0. The van der Waals surface area contributed by atoms with Gasteiger partial charge in [-0.25, -0.2) is 4.98 Å². The number of aromatic nitrogens is 2. The SMILES string of the molecule is C[C@H](Oc1ccnc(C(=O)C2CCCC3(CCc4ccc([N+](=O)[O-])c(C#N)c43)C2=O)n1)[C@@H]1CCCN1C. The fourth-order valence-corrected chi connectivity index (χ4v) is 6.55. The van der Waals surface area contributed by atoms with Gasteiger partial charge in [0.1, 0.15) is 17.7 Å². The zero-order valence-electron chi connectivity index (χ0n) is 21.0. The van der Waals surface area contributed by atoms with Crippen molar-refractivity contribution < 1.29 is 19.2 Å². The maximum absolute atomic E-state index is 14.0. The van der Waals surface area contributed by atoms with Gasteiger partial charge >= 0.3 is 0 Å². The average Bonchev–Trinajstić information content (AvgIpc) is 3.49. The Balaban J connectivity index is 1.42. The maximum atomic E-state index is 14.0. The molecule has 2 heterocycles. The number of carbonyl (C=O) groups excluding carboxylic acids is 2. The topological polar surface area (TPSA) is 139 Å². The summed E-state index contributed by atoms with van der Waals surface area (Å²) in [4.78, 5) is 49.3. The second-order valence-electron chi connectivity index (χ2n) is 10.3. The summed E-state index contributed by atoms with van der Waals surface area (Å²) >= 11 is 0. The highest BCUT2D eigenvalue weighted by Crippen LogP contribution is 2.51. The molecule has 0 N–H and O–H groups in total. The molecule has 1 aromatic heterocycles. The van der Waals surface area contributed by atoms with Crippen molar-refractivity contribution >= 4 is 17.3 Å². The molecule has 1 aromatic carbocycles. The van der Waals surface area contributed by atoms with E-state index in [0.717, 1.165) is 24.9 Å². The maximum Gasteiger partial charge on any atom is 0.287 e. The first-order valence-electron chi connectivity index (χ1n) is 12.8. The Morgan fingerprint density at radius 1 is 1.30 bits per heavy atom. The number of nitriles is 1. The molecule has 2 aromatic rings. The van der Waals surface area contributed by atoms with E-state index in [1.54, 1.807) is 12.1 Å². The van der Waals surface area contributed by atoms with Crippen molar-refractivity contribution in [2.24, 2.45) is 5.92 Å². The van der Waals surface area contributed by atoms with Gasteiger partial charge in [0.05, 0.1) is 16.3 Å². The number of nitro groups is 1. The minimum Gasteiger partial charge on any atom is -0.473 e. The van der Waals surface area contributed by atoms with Crippen LogP contribution in [0, 0.1) is 27.4 Å². The van der Waals surface area contributed by atoms with Gasteiger partial charge in [0.15, 0.2) is 11.6 Å². The van der Waals surface area contributed by atoms with E-state index in [2.05, 4.69) is 21.9 Å². The lowest BCUT2D eigenvalue weighted by Crippen LogP contribution is -2.45. The average molecular weight is 504 g/mol. The summed E-state index contributed by atoms with van der Waals surface area (Å²) in [5.74, 6) is -1.53. The van der Waals surface area contributed by atoms with Gasteiger partial charge in [0.25, 0.3) is 5.69 Å². The quantitative estimate of drug-likeness (QED) is 0.250. The molecule has 10 heteroatoms. The Kier molecular flexibility index (Phi) is 6.50. The van der Waals surface area contributed by atoms with Crippen LogP contribution in [0.4, 0.5) is 5.69 Å². The van der Waals surface area contributed by atoms with Crippen molar-refractivity contribution in [2.45, 2.75) is 69.4 Å². The fourth-order valence-electron chi connectivity index (χ4n) is 6.55. The van der Waals surface area contributed by atoms with Gasteiger partial charge in [-0.1, -0.05) is 12.5 Å². The van der Waals surface area contributed by atoms with E-state index in [4.69, 9.17) is 4.74 Å². The molecule has 5 rings (SSSR count). The van der Waals surface area contributed by atoms with Crippen LogP contribution in [0.5, 0.6) is 5.88 Å². The van der Waals surface area contributed by atoms with Crippen molar-refractivity contribution in [3.8, 4) is 11.9 Å². The van der Waals surface area contributed by atoms with Crippen LogP contribution in [-0.2, 0) is 16.6 Å². The number of fused-ring (bicyclic) bond motifs is 2. The van der Waals surface area contributed by atoms with E-state index >= 15 is 0 Å². The van der Waals surface area contributed by atoms with Gasteiger partial charge in [-0.15, -0.1) is 0 Å². The third-order valence-corrected chi connectivity index (χ3v) is 8.35. The second-order valence-corrected chi connectivity index (χ2v) is 10.3. The largest absolute Gasteiger partial charge is 0.473 e. The standard InChI is InChI=1S/C27H29N5O5/c1-16(20-6-4-14-31(20)2)37-22-10-13-29-26(30-22)24(33)18-5-3-11-27(25(18)34)12-9-17-7-8-21(32(35)36)19(15-28)23(17)27/h7-8,10,13,16,18,20H,3-6,9,11-12,14H2,1-2H3/t16-,18?,20-,27?/m0/s1. The molecule has 3 aliphatic rings.